The third kappa shape index (κ3) is 3.23. The van der Waals surface area contributed by atoms with Crippen LogP contribution in [0.1, 0.15) is 36.5 Å². The van der Waals surface area contributed by atoms with E-state index in [0.717, 1.165) is 25.1 Å². The number of anilines is 1. The fourth-order valence-corrected chi connectivity index (χ4v) is 2.55. The smallest absolute Gasteiger partial charge is 0.341 e. The van der Waals surface area contributed by atoms with E-state index in [-0.39, 0.29) is 5.91 Å². The molecule has 2 aromatic heterocycles. The topological polar surface area (TPSA) is 77.3 Å². The Bertz CT molecular complexity index is 726. The molecule has 0 unspecified atom stereocenters. The SMILES string of the molecule is CCOC(=O)c1cnn(-c2cc(N3CCCCC3=O)ccn2)c1. The van der Waals surface area contributed by atoms with E-state index in [1.54, 1.807) is 30.3 Å². The number of esters is 1. The summed E-state index contributed by atoms with van der Waals surface area (Å²) in [7, 11) is 0. The summed E-state index contributed by atoms with van der Waals surface area (Å²) in [5.41, 5.74) is 1.17. The average Bonchev–Trinajstić information content (AvgIpc) is 3.06. The van der Waals surface area contributed by atoms with Gasteiger partial charge in [0.2, 0.25) is 5.91 Å². The summed E-state index contributed by atoms with van der Waals surface area (Å²) in [4.78, 5) is 29.8. The summed E-state index contributed by atoms with van der Waals surface area (Å²) in [6, 6.07) is 3.60. The predicted molar refractivity (Wildman–Crippen MR) is 83.5 cm³/mol. The highest BCUT2D eigenvalue weighted by atomic mass is 16.5. The fraction of sp³-hybridized carbons (Fsp3) is 0.375. The van der Waals surface area contributed by atoms with E-state index in [2.05, 4.69) is 10.1 Å². The summed E-state index contributed by atoms with van der Waals surface area (Å²) >= 11 is 0. The quantitative estimate of drug-likeness (QED) is 0.806. The van der Waals surface area contributed by atoms with Crippen molar-refractivity contribution in [2.45, 2.75) is 26.2 Å². The van der Waals surface area contributed by atoms with Crippen LogP contribution in [0.5, 0.6) is 0 Å². The maximum atomic E-state index is 12.0. The van der Waals surface area contributed by atoms with Gasteiger partial charge in [-0.15, -0.1) is 0 Å². The van der Waals surface area contributed by atoms with Crippen molar-refractivity contribution < 1.29 is 14.3 Å². The number of hydrogen-bond donors (Lipinski definition) is 0. The van der Waals surface area contributed by atoms with E-state index in [4.69, 9.17) is 4.74 Å². The maximum absolute atomic E-state index is 12.0. The van der Waals surface area contributed by atoms with Crippen LogP contribution in [0.15, 0.2) is 30.7 Å². The Morgan fingerprint density at radius 2 is 2.26 bits per heavy atom. The van der Waals surface area contributed by atoms with Gasteiger partial charge in [-0.1, -0.05) is 0 Å². The Morgan fingerprint density at radius 3 is 3.04 bits per heavy atom. The first-order chi connectivity index (χ1) is 11.2. The van der Waals surface area contributed by atoms with E-state index in [1.165, 1.54) is 10.9 Å². The second-order valence-corrected chi connectivity index (χ2v) is 5.27. The first-order valence-corrected chi connectivity index (χ1v) is 7.67. The van der Waals surface area contributed by atoms with E-state index >= 15 is 0 Å². The summed E-state index contributed by atoms with van der Waals surface area (Å²) < 4.78 is 6.45. The molecule has 1 aliphatic heterocycles. The summed E-state index contributed by atoms with van der Waals surface area (Å²) in [6.07, 6.45) is 7.17. The normalized spacial score (nSPS) is 14.8. The van der Waals surface area contributed by atoms with Crippen LogP contribution in [-0.4, -0.2) is 39.8 Å². The molecule has 0 radical (unpaired) electrons. The average molecular weight is 314 g/mol. The highest BCUT2D eigenvalue weighted by Crippen LogP contribution is 2.22. The summed E-state index contributed by atoms with van der Waals surface area (Å²) in [5, 5.41) is 4.14. The standard InChI is InChI=1S/C16H18N4O3/c1-2-23-16(22)12-10-18-20(11-12)14-9-13(6-7-17-14)19-8-4-3-5-15(19)21/h6-7,9-11H,2-5,8H2,1H3. The lowest BCUT2D eigenvalue weighted by Crippen LogP contribution is -2.35. The maximum Gasteiger partial charge on any atom is 0.341 e. The lowest BCUT2D eigenvalue weighted by atomic mass is 10.1. The number of hydrogen-bond acceptors (Lipinski definition) is 5. The molecule has 0 saturated carbocycles. The molecule has 120 valence electrons. The van der Waals surface area contributed by atoms with Crippen molar-refractivity contribution in [3.05, 3.63) is 36.3 Å². The van der Waals surface area contributed by atoms with Gasteiger partial charge in [-0.05, 0) is 25.8 Å². The van der Waals surface area contributed by atoms with Crippen molar-refractivity contribution in [2.24, 2.45) is 0 Å². The van der Waals surface area contributed by atoms with Crippen LogP contribution in [0, 0.1) is 0 Å². The van der Waals surface area contributed by atoms with Crippen molar-refractivity contribution in [3.63, 3.8) is 0 Å². The molecule has 1 amide bonds. The van der Waals surface area contributed by atoms with Gasteiger partial charge >= 0.3 is 5.97 Å². The fourth-order valence-electron chi connectivity index (χ4n) is 2.55. The number of ether oxygens (including phenoxy) is 1. The Balaban J connectivity index is 1.85. The second-order valence-electron chi connectivity index (χ2n) is 5.27. The van der Waals surface area contributed by atoms with Gasteiger partial charge in [0, 0.05) is 37.1 Å². The number of rotatable bonds is 4. The summed E-state index contributed by atoms with van der Waals surface area (Å²) in [5.74, 6) is 0.263. The zero-order valence-electron chi connectivity index (χ0n) is 12.9. The van der Waals surface area contributed by atoms with Gasteiger partial charge in [-0.25, -0.2) is 14.5 Å². The highest BCUT2D eigenvalue weighted by molar-refractivity contribution is 5.94. The highest BCUT2D eigenvalue weighted by Gasteiger charge is 2.20. The number of nitrogens with zero attached hydrogens (tertiary/aromatic N) is 4. The van der Waals surface area contributed by atoms with Crippen molar-refractivity contribution in [1.82, 2.24) is 14.8 Å². The third-order valence-electron chi connectivity index (χ3n) is 3.69. The van der Waals surface area contributed by atoms with Gasteiger partial charge < -0.3 is 9.64 Å². The molecule has 1 saturated heterocycles. The molecule has 7 heteroatoms. The van der Waals surface area contributed by atoms with Crippen molar-refractivity contribution in [1.29, 1.82) is 0 Å². The number of pyridine rings is 1. The first-order valence-electron chi connectivity index (χ1n) is 7.67. The first kappa shape index (κ1) is 15.2. The summed E-state index contributed by atoms with van der Waals surface area (Å²) in [6.45, 7) is 2.78. The van der Waals surface area contributed by atoms with Gasteiger partial charge in [-0.3, -0.25) is 4.79 Å². The van der Waals surface area contributed by atoms with Crippen LogP contribution in [-0.2, 0) is 9.53 Å². The van der Waals surface area contributed by atoms with Crippen LogP contribution in [0.4, 0.5) is 5.69 Å². The van der Waals surface area contributed by atoms with E-state index in [0.29, 0.717) is 24.4 Å². The van der Waals surface area contributed by atoms with Crippen LogP contribution < -0.4 is 4.90 Å². The number of carbonyl (C=O) groups excluding carboxylic acids is 2. The second kappa shape index (κ2) is 6.60. The van der Waals surface area contributed by atoms with Gasteiger partial charge in [0.25, 0.3) is 0 Å². The molecule has 0 atom stereocenters. The minimum absolute atomic E-state index is 0.126. The van der Waals surface area contributed by atoms with Crippen molar-refractivity contribution in [2.75, 3.05) is 18.1 Å². The number of carbonyl (C=O) groups is 2. The molecule has 1 aliphatic rings. The Labute approximate surface area is 133 Å². The zero-order valence-corrected chi connectivity index (χ0v) is 12.9. The molecule has 0 N–H and O–H groups in total. The largest absolute Gasteiger partial charge is 0.462 e. The Kier molecular flexibility index (Phi) is 4.36. The van der Waals surface area contributed by atoms with E-state index in [9.17, 15) is 9.59 Å². The monoisotopic (exact) mass is 314 g/mol. The molecule has 0 aromatic carbocycles. The molecular formula is C16H18N4O3. The minimum atomic E-state index is -0.416. The van der Waals surface area contributed by atoms with Crippen LogP contribution in [0.2, 0.25) is 0 Å². The molecule has 3 rings (SSSR count). The van der Waals surface area contributed by atoms with Crippen LogP contribution in [0.25, 0.3) is 5.82 Å². The Hall–Kier alpha value is -2.70. The molecule has 0 bridgehead atoms. The molecular weight excluding hydrogens is 296 g/mol. The molecule has 7 nitrogen and oxygen atoms in total. The molecule has 2 aromatic rings. The van der Waals surface area contributed by atoms with Gasteiger partial charge in [0.1, 0.15) is 0 Å². The van der Waals surface area contributed by atoms with E-state index < -0.39 is 5.97 Å². The van der Waals surface area contributed by atoms with Crippen LogP contribution in [0.3, 0.4) is 0 Å². The van der Waals surface area contributed by atoms with Gasteiger partial charge in [0.05, 0.1) is 18.4 Å². The molecule has 23 heavy (non-hydrogen) atoms. The number of aromatic nitrogens is 3. The van der Waals surface area contributed by atoms with E-state index in [1.807, 2.05) is 6.07 Å². The minimum Gasteiger partial charge on any atom is -0.462 e. The lowest BCUT2D eigenvalue weighted by molar-refractivity contribution is -0.119. The zero-order chi connectivity index (χ0) is 16.2. The third-order valence-corrected chi connectivity index (χ3v) is 3.69. The molecule has 0 spiro atoms. The van der Waals surface area contributed by atoms with Crippen LogP contribution >= 0.6 is 0 Å². The number of piperidine rings is 1. The van der Waals surface area contributed by atoms with Gasteiger partial charge in [0.15, 0.2) is 5.82 Å². The molecule has 1 fully saturated rings. The van der Waals surface area contributed by atoms with Crippen molar-refractivity contribution in [3.8, 4) is 5.82 Å². The number of amides is 1. The predicted octanol–water partition coefficient (Wildman–Crippen LogP) is 1.96. The molecule has 0 aliphatic carbocycles. The Morgan fingerprint density at radius 1 is 1.39 bits per heavy atom. The van der Waals surface area contributed by atoms with Gasteiger partial charge in [-0.2, -0.15) is 5.10 Å². The molecule has 3 heterocycles. The lowest BCUT2D eigenvalue weighted by Gasteiger charge is -2.26. The van der Waals surface area contributed by atoms with Crippen molar-refractivity contribution >= 4 is 17.6 Å².